The van der Waals surface area contributed by atoms with Crippen molar-refractivity contribution in [3.63, 3.8) is 0 Å². The predicted molar refractivity (Wildman–Crippen MR) is 58.3 cm³/mol. The molecule has 0 radical (unpaired) electrons. The van der Waals surface area contributed by atoms with Gasteiger partial charge in [-0.15, -0.1) is 0 Å². The molecule has 1 aromatic carbocycles. The molecule has 0 aromatic heterocycles. The van der Waals surface area contributed by atoms with E-state index in [0.717, 1.165) is 0 Å². The van der Waals surface area contributed by atoms with Crippen molar-refractivity contribution in [1.29, 1.82) is 0 Å². The Labute approximate surface area is 78.9 Å². The zero-order chi connectivity index (χ0) is 9.10. The lowest BCUT2D eigenvalue weighted by molar-refractivity contribution is 1.52. The lowest BCUT2D eigenvalue weighted by Gasteiger charge is -2.03. The Hall–Kier alpha value is -1.56. The highest BCUT2D eigenvalue weighted by molar-refractivity contribution is 5.69. The van der Waals surface area contributed by atoms with Crippen LogP contribution in [0.25, 0.3) is 12.2 Å². The van der Waals surface area contributed by atoms with E-state index < -0.39 is 0 Å². The zero-order valence-electron chi connectivity index (χ0n) is 7.70. The van der Waals surface area contributed by atoms with Crippen LogP contribution in [0.2, 0.25) is 0 Å². The summed E-state index contributed by atoms with van der Waals surface area (Å²) in [7, 11) is 0. The molecule has 1 aliphatic rings. The van der Waals surface area contributed by atoms with E-state index in [1.807, 2.05) is 0 Å². The van der Waals surface area contributed by atoms with Gasteiger partial charge in [-0.25, -0.2) is 0 Å². The highest BCUT2D eigenvalue weighted by Gasteiger charge is 1.96. The largest absolute Gasteiger partial charge is 0.0620 e. The van der Waals surface area contributed by atoms with E-state index in [-0.39, 0.29) is 0 Å². The van der Waals surface area contributed by atoms with Crippen LogP contribution in [0, 0.1) is 0 Å². The predicted octanol–water partition coefficient (Wildman–Crippen LogP) is 3.67. The second kappa shape index (κ2) is 3.44. The first kappa shape index (κ1) is 8.06. The van der Waals surface area contributed by atoms with Crippen molar-refractivity contribution in [2.75, 3.05) is 0 Å². The highest BCUT2D eigenvalue weighted by atomic mass is 14.0. The maximum absolute atomic E-state index is 2.20. The van der Waals surface area contributed by atoms with Crippen LogP contribution in [0.4, 0.5) is 0 Å². The third-order valence-electron chi connectivity index (χ3n) is 2.13. The van der Waals surface area contributed by atoms with E-state index in [0.29, 0.717) is 0 Å². The second-order valence-corrected chi connectivity index (χ2v) is 3.24. The molecule has 0 bridgehead atoms. The van der Waals surface area contributed by atoms with Crippen molar-refractivity contribution in [2.45, 2.75) is 6.92 Å². The molecule has 0 heterocycles. The first-order chi connectivity index (χ1) is 6.36. The maximum Gasteiger partial charge on any atom is -0.0181 e. The summed E-state index contributed by atoms with van der Waals surface area (Å²) in [4.78, 5) is 0. The standard InChI is InChI=1S/C13H12/c1-11-6-2-3-7-12-8-4-5-9-13(12)10-11/h2-10H,1H3/b3-2?,6-2-,7-3+,11-6?,11-10-,12-7?,13-10?. The van der Waals surface area contributed by atoms with Gasteiger partial charge in [0.15, 0.2) is 0 Å². The summed E-state index contributed by atoms with van der Waals surface area (Å²) < 4.78 is 0. The van der Waals surface area contributed by atoms with E-state index in [1.165, 1.54) is 16.7 Å². The summed E-state index contributed by atoms with van der Waals surface area (Å²) in [5.74, 6) is 0. The van der Waals surface area contributed by atoms with Crippen molar-refractivity contribution in [2.24, 2.45) is 0 Å². The third-order valence-corrected chi connectivity index (χ3v) is 2.13. The van der Waals surface area contributed by atoms with Crippen LogP contribution in [-0.2, 0) is 0 Å². The van der Waals surface area contributed by atoms with Gasteiger partial charge in [-0.1, -0.05) is 60.2 Å². The van der Waals surface area contributed by atoms with Crippen molar-refractivity contribution >= 4 is 12.2 Å². The Bertz CT molecular complexity index is 392. The molecule has 1 aromatic rings. The molecule has 1 aliphatic carbocycles. The average molecular weight is 168 g/mol. The van der Waals surface area contributed by atoms with Crippen LogP contribution >= 0.6 is 0 Å². The summed E-state index contributed by atoms with van der Waals surface area (Å²) in [5, 5.41) is 0. The summed E-state index contributed by atoms with van der Waals surface area (Å²) in [6.45, 7) is 2.12. The van der Waals surface area contributed by atoms with Crippen molar-refractivity contribution in [3.05, 3.63) is 59.2 Å². The molecule has 0 nitrogen and oxygen atoms in total. The molecule has 0 N–H and O–H groups in total. The second-order valence-electron chi connectivity index (χ2n) is 3.24. The Kier molecular flexibility index (Phi) is 2.13. The molecule has 0 fully saturated rings. The molecule has 0 unspecified atom stereocenters. The van der Waals surface area contributed by atoms with E-state index in [1.54, 1.807) is 0 Å². The number of hydrogen-bond acceptors (Lipinski definition) is 0. The third kappa shape index (κ3) is 1.78. The van der Waals surface area contributed by atoms with Gasteiger partial charge in [0.2, 0.25) is 0 Å². The van der Waals surface area contributed by atoms with Crippen LogP contribution in [0.1, 0.15) is 18.1 Å². The number of fused-ring (bicyclic) bond motifs is 1. The Balaban J connectivity index is 2.58. The van der Waals surface area contributed by atoms with Crippen LogP contribution in [0.5, 0.6) is 0 Å². The minimum Gasteiger partial charge on any atom is -0.0620 e. The minimum absolute atomic E-state index is 1.28. The monoisotopic (exact) mass is 168 g/mol. The Morgan fingerprint density at radius 3 is 2.38 bits per heavy atom. The fourth-order valence-corrected chi connectivity index (χ4v) is 1.45. The van der Waals surface area contributed by atoms with Crippen LogP contribution in [-0.4, -0.2) is 0 Å². The van der Waals surface area contributed by atoms with E-state index in [9.17, 15) is 0 Å². The first-order valence-electron chi connectivity index (χ1n) is 4.48. The van der Waals surface area contributed by atoms with Gasteiger partial charge >= 0.3 is 0 Å². The van der Waals surface area contributed by atoms with Gasteiger partial charge in [0.05, 0.1) is 0 Å². The summed E-state index contributed by atoms with van der Waals surface area (Å²) in [5.41, 5.74) is 3.86. The number of benzene rings is 1. The van der Waals surface area contributed by atoms with Gasteiger partial charge in [-0.3, -0.25) is 0 Å². The Morgan fingerprint density at radius 2 is 1.54 bits per heavy atom. The molecular formula is C13H12. The quantitative estimate of drug-likeness (QED) is 0.554. The molecule has 13 heavy (non-hydrogen) atoms. The van der Waals surface area contributed by atoms with Crippen LogP contribution in [0.15, 0.2) is 48.1 Å². The summed E-state index contributed by atoms with van der Waals surface area (Å²) >= 11 is 0. The number of allylic oxidation sites excluding steroid dienone is 4. The topological polar surface area (TPSA) is 0 Å². The molecular weight excluding hydrogens is 156 g/mol. The molecule has 0 saturated carbocycles. The maximum atomic E-state index is 2.20. The van der Waals surface area contributed by atoms with Crippen LogP contribution in [0.3, 0.4) is 0 Å². The van der Waals surface area contributed by atoms with Gasteiger partial charge < -0.3 is 0 Å². The summed E-state index contributed by atoms with van der Waals surface area (Å²) in [6, 6.07) is 8.41. The smallest absolute Gasteiger partial charge is 0.0181 e. The molecule has 64 valence electrons. The minimum atomic E-state index is 1.28. The number of hydrogen-bond donors (Lipinski definition) is 0. The number of rotatable bonds is 0. The molecule has 0 saturated heterocycles. The molecule has 0 atom stereocenters. The van der Waals surface area contributed by atoms with Crippen molar-refractivity contribution in [1.82, 2.24) is 0 Å². The fourth-order valence-electron chi connectivity index (χ4n) is 1.45. The lowest BCUT2D eigenvalue weighted by atomic mass is 10.0. The lowest BCUT2D eigenvalue weighted by Crippen LogP contribution is -1.82. The molecule has 0 aliphatic heterocycles. The van der Waals surface area contributed by atoms with E-state index in [2.05, 4.69) is 61.6 Å². The van der Waals surface area contributed by atoms with Gasteiger partial charge in [-0.05, 0) is 18.1 Å². The van der Waals surface area contributed by atoms with E-state index >= 15 is 0 Å². The summed E-state index contributed by atoms with van der Waals surface area (Å²) in [6.07, 6.45) is 10.6. The van der Waals surface area contributed by atoms with Gasteiger partial charge in [0, 0.05) is 0 Å². The first-order valence-corrected chi connectivity index (χ1v) is 4.48. The van der Waals surface area contributed by atoms with Gasteiger partial charge in [-0.2, -0.15) is 0 Å². The normalized spacial score (nSPS) is 23.3. The van der Waals surface area contributed by atoms with Gasteiger partial charge in [0.25, 0.3) is 0 Å². The Morgan fingerprint density at radius 1 is 0.846 bits per heavy atom. The zero-order valence-corrected chi connectivity index (χ0v) is 7.70. The molecule has 2 rings (SSSR count). The highest BCUT2D eigenvalue weighted by Crippen LogP contribution is 2.17. The van der Waals surface area contributed by atoms with Crippen LogP contribution < -0.4 is 0 Å². The van der Waals surface area contributed by atoms with E-state index in [4.69, 9.17) is 0 Å². The molecule has 0 spiro atoms. The average Bonchev–Trinajstić information content (AvgIpc) is 2.11. The molecule has 0 amide bonds. The van der Waals surface area contributed by atoms with Crippen molar-refractivity contribution in [3.8, 4) is 0 Å². The molecule has 0 heteroatoms. The fraction of sp³-hybridized carbons (Fsp3) is 0.0769. The van der Waals surface area contributed by atoms with Crippen molar-refractivity contribution < 1.29 is 0 Å². The SMILES string of the molecule is CC1=C/c2ccccc2/C=C/C=C\1. The van der Waals surface area contributed by atoms with Gasteiger partial charge in [0.1, 0.15) is 0 Å².